The van der Waals surface area contributed by atoms with Gasteiger partial charge in [0.15, 0.2) is 0 Å². The van der Waals surface area contributed by atoms with Gasteiger partial charge in [0.2, 0.25) is 0 Å². The highest BCUT2D eigenvalue weighted by atomic mass is 16.5. The Kier molecular flexibility index (Phi) is 3.66. The lowest BCUT2D eigenvalue weighted by Gasteiger charge is -2.10. The maximum Gasteiger partial charge on any atom is 0.252 e. The summed E-state index contributed by atoms with van der Waals surface area (Å²) in [7, 11) is 0. The molecule has 5 nitrogen and oxygen atoms in total. The van der Waals surface area contributed by atoms with E-state index in [2.05, 4.69) is 4.98 Å². The van der Waals surface area contributed by atoms with E-state index in [0.29, 0.717) is 23.6 Å². The molecule has 1 aromatic carbocycles. The zero-order valence-corrected chi connectivity index (χ0v) is 10.6. The minimum atomic E-state index is -0.544. The van der Waals surface area contributed by atoms with Gasteiger partial charge in [-0.1, -0.05) is 0 Å². The van der Waals surface area contributed by atoms with Crippen LogP contribution in [0.1, 0.15) is 21.5 Å². The molecule has 0 fully saturated rings. The van der Waals surface area contributed by atoms with Gasteiger partial charge in [-0.3, -0.25) is 9.78 Å². The van der Waals surface area contributed by atoms with Crippen molar-refractivity contribution in [2.45, 2.75) is 13.5 Å². The van der Waals surface area contributed by atoms with Gasteiger partial charge in [-0.15, -0.1) is 0 Å². The first-order chi connectivity index (χ1) is 9.06. The molecule has 0 aliphatic carbocycles. The lowest BCUT2D eigenvalue weighted by molar-refractivity contribution is 0.0996. The number of pyridine rings is 1. The number of hydrogen-bond donors (Lipinski definition) is 2. The van der Waals surface area contributed by atoms with Crippen LogP contribution in [0.2, 0.25) is 0 Å². The van der Waals surface area contributed by atoms with Gasteiger partial charge in [0.25, 0.3) is 5.91 Å². The van der Waals surface area contributed by atoms with E-state index in [1.165, 1.54) is 0 Å². The number of anilines is 1. The molecule has 0 bridgehead atoms. The SMILES string of the molecule is Cc1cncc(COc2cc(N)ccc2C(N)=O)c1. The number of nitrogen functional groups attached to an aromatic ring is 1. The number of hydrogen-bond acceptors (Lipinski definition) is 4. The minimum absolute atomic E-state index is 0.304. The molecule has 0 radical (unpaired) electrons. The van der Waals surface area contributed by atoms with Crippen LogP contribution in [-0.4, -0.2) is 10.9 Å². The van der Waals surface area contributed by atoms with Crippen LogP contribution in [0, 0.1) is 6.92 Å². The van der Waals surface area contributed by atoms with Gasteiger partial charge < -0.3 is 16.2 Å². The van der Waals surface area contributed by atoms with Gasteiger partial charge >= 0.3 is 0 Å². The van der Waals surface area contributed by atoms with Crippen LogP contribution in [0.4, 0.5) is 5.69 Å². The second-order valence-electron chi connectivity index (χ2n) is 4.28. The van der Waals surface area contributed by atoms with Gasteiger partial charge in [0, 0.05) is 29.7 Å². The predicted octanol–water partition coefficient (Wildman–Crippen LogP) is 1.65. The first kappa shape index (κ1) is 12.9. The number of nitrogens with zero attached hydrogens (tertiary/aromatic N) is 1. The maximum absolute atomic E-state index is 11.3. The highest BCUT2D eigenvalue weighted by Crippen LogP contribution is 2.22. The Morgan fingerprint density at radius 1 is 1.32 bits per heavy atom. The second kappa shape index (κ2) is 5.39. The summed E-state index contributed by atoms with van der Waals surface area (Å²) >= 11 is 0. The van der Waals surface area contributed by atoms with Gasteiger partial charge in [-0.2, -0.15) is 0 Å². The average Bonchev–Trinajstić information content (AvgIpc) is 2.36. The van der Waals surface area contributed by atoms with Crippen molar-refractivity contribution >= 4 is 11.6 Å². The number of aryl methyl sites for hydroxylation is 1. The smallest absolute Gasteiger partial charge is 0.252 e. The largest absolute Gasteiger partial charge is 0.488 e. The number of benzene rings is 1. The van der Waals surface area contributed by atoms with E-state index < -0.39 is 5.91 Å². The van der Waals surface area contributed by atoms with Crippen LogP contribution in [0.5, 0.6) is 5.75 Å². The summed E-state index contributed by atoms with van der Waals surface area (Å²) in [5.41, 5.74) is 13.8. The Morgan fingerprint density at radius 3 is 2.79 bits per heavy atom. The Balaban J connectivity index is 2.19. The fraction of sp³-hybridized carbons (Fsp3) is 0.143. The highest BCUT2D eigenvalue weighted by molar-refractivity contribution is 5.96. The van der Waals surface area contributed by atoms with Crippen LogP contribution in [0.25, 0.3) is 0 Å². The molecule has 0 aliphatic heterocycles. The molecule has 4 N–H and O–H groups in total. The first-order valence-electron chi connectivity index (χ1n) is 5.79. The predicted molar refractivity (Wildman–Crippen MR) is 72.7 cm³/mol. The maximum atomic E-state index is 11.3. The molecule has 1 aromatic heterocycles. The Labute approximate surface area is 111 Å². The molecule has 0 saturated heterocycles. The molecule has 1 heterocycles. The van der Waals surface area contributed by atoms with Crippen molar-refractivity contribution in [3.8, 4) is 5.75 Å². The summed E-state index contributed by atoms with van der Waals surface area (Å²) < 4.78 is 5.60. The molecule has 1 amide bonds. The van der Waals surface area contributed by atoms with Crippen molar-refractivity contribution in [3.05, 3.63) is 53.3 Å². The van der Waals surface area contributed by atoms with Crippen LogP contribution in [0.3, 0.4) is 0 Å². The molecule has 0 atom stereocenters. The molecule has 2 aromatic rings. The third kappa shape index (κ3) is 3.22. The number of primary amides is 1. The molecule has 0 saturated carbocycles. The monoisotopic (exact) mass is 257 g/mol. The fourth-order valence-corrected chi connectivity index (χ4v) is 1.72. The standard InChI is InChI=1S/C14H15N3O2/c1-9-4-10(7-17-6-9)8-19-13-5-11(15)2-3-12(13)14(16)18/h2-7H,8,15H2,1H3,(H2,16,18). The quantitative estimate of drug-likeness (QED) is 0.815. The minimum Gasteiger partial charge on any atom is -0.488 e. The number of rotatable bonds is 4. The third-order valence-electron chi connectivity index (χ3n) is 2.60. The second-order valence-corrected chi connectivity index (χ2v) is 4.28. The van der Waals surface area contributed by atoms with Crippen molar-refractivity contribution in [1.29, 1.82) is 0 Å². The van der Waals surface area contributed by atoms with E-state index in [-0.39, 0.29) is 0 Å². The van der Waals surface area contributed by atoms with E-state index in [0.717, 1.165) is 11.1 Å². The number of carbonyl (C=O) groups is 1. The van der Waals surface area contributed by atoms with Crippen LogP contribution in [0.15, 0.2) is 36.7 Å². The zero-order chi connectivity index (χ0) is 13.8. The summed E-state index contributed by atoms with van der Waals surface area (Å²) in [6.07, 6.45) is 3.47. The van der Waals surface area contributed by atoms with Gasteiger partial charge in [-0.05, 0) is 30.7 Å². The highest BCUT2D eigenvalue weighted by Gasteiger charge is 2.10. The lowest BCUT2D eigenvalue weighted by atomic mass is 10.1. The van der Waals surface area contributed by atoms with Gasteiger partial charge in [0.1, 0.15) is 12.4 Å². The molecule has 98 valence electrons. The van der Waals surface area contributed by atoms with Crippen molar-refractivity contribution < 1.29 is 9.53 Å². The molecular formula is C14H15N3O2. The van der Waals surface area contributed by atoms with Crippen LogP contribution < -0.4 is 16.2 Å². The van der Waals surface area contributed by atoms with E-state index in [1.807, 2.05) is 13.0 Å². The first-order valence-corrected chi connectivity index (χ1v) is 5.79. The number of aromatic nitrogens is 1. The average molecular weight is 257 g/mol. The van der Waals surface area contributed by atoms with E-state index in [4.69, 9.17) is 16.2 Å². The molecule has 2 rings (SSSR count). The normalized spacial score (nSPS) is 10.2. The molecule has 0 unspecified atom stereocenters. The summed E-state index contributed by atoms with van der Waals surface area (Å²) in [6, 6.07) is 6.72. The molecular weight excluding hydrogens is 242 g/mol. The number of nitrogens with two attached hydrogens (primary N) is 2. The Hall–Kier alpha value is -2.56. The van der Waals surface area contributed by atoms with Crippen LogP contribution in [-0.2, 0) is 6.61 Å². The van der Waals surface area contributed by atoms with Crippen molar-refractivity contribution in [3.63, 3.8) is 0 Å². The summed E-state index contributed by atoms with van der Waals surface area (Å²) in [5, 5.41) is 0. The van der Waals surface area contributed by atoms with Crippen molar-refractivity contribution in [2.24, 2.45) is 5.73 Å². The van der Waals surface area contributed by atoms with Crippen molar-refractivity contribution in [1.82, 2.24) is 4.98 Å². The number of ether oxygens (including phenoxy) is 1. The van der Waals surface area contributed by atoms with E-state index in [1.54, 1.807) is 30.6 Å². The van der Waals surface area contributed by atoms with Crippen molar-refractivity contribution in [2.75, 3.05) is 5.73 Å². The molecule has 19 heavy (non-hydrogen) atoms. The van der Waals surface area contributed by atoms with E-state index >= 15 is 0 Å². The molecule has 0 spiro atoms. The van der Waals surface area contributed by atoms with Crippen LogP contribution >= 0.6 is 0 Å². The Bertz CT molecular complexity index is 611. The topological polar surface area (TPSA) is 91.2 Å². The molecule has 0 aliphatic rings. The number of amides is 1. The van der Waals surface area contributed by atoms with E-state index in [9.17, 15) is 4.79 Å². The fourth-order valence-electron chi connectivity index (χ4n) is 1.72. The Morgan fingerprint density at radius 2 is 2.11 bits per heavy atom. The third-order valence-corrected chi connectivity index (χ3v) is 2.60. The lowest BCUT2D eigenvalue weighted by Crippen LogP contribution is -2.13. The summed E-state index contributed by atoms with van der Waals surface area (Å²) in [6.45, 7) is 2.25. The zero-order valence-electron chi connectivity index (χ0n) is 10.6. The summed E-state index contributed by atoms with van der Waals surface area (Å²) in [5.74, 6) is -0.161. The summed E-state index contributed by atoms with van der Waals surface area (Å²) in [4.78, 5) is 15.4. The van der Waals surface area contributed by atoms with Gasteiger partial charge in [-0.25, -0.2) is 0 Å². The molecule has 5 heteroatoms. The van der Waals surface area contributed by atoms with Gasteiger partial charge in [0.05, 0.1) is 5.56 Å². The number of carbonyl (C=O) groups excluding carboxylic acids is 1.